The first kappa shape index (κ1) is 11.7. The molecule has 1 aromatic heterocycles. The minimum absolute atomic E-state index is 0.0668. The lowest BCUT2D eigenvalue weighted by molar-refractivity contribution is 0.150. The molecule has 0 aromatic carbocycles. The van der Waals surface area contributed by atoms with Crippen LogP contribution in [0.2, 0.25) is 0 Å². The van der Waals surface area contributed by atoms with Gasteiger partial charge in [-0.1, -0.05) is 0 Å². The summed E-state index contributed by atoms with van der Waals surface area (Å²) in [5, 5.41) is 0. The minimum atomic E-state index is -2.58. The van der Waals surface area contributed by atoms with Crippen molar-refractivity contribution in [1.29, 1.82) is 0 Å². The Labute approximate surface area is 93.4 Å². The molecule has 1 aromatic rings. The molecule has 0 bridgehead atoms. The van der Waals surface area contributed by atoms with E-state index in [9.17, 15) is 8.78 Å². The number of methoxy groups -OCH3 is 1. The molecule has 0 unspecified atom stereocenters. The van der Waals surface area contributed by atoms with Gasteiger partial charge in [0.15, 0.2) is 0 Å². The van der Waals surface area contributed by atoms with E-state index in [-0.39, 0.29) is 21.8 Å². The minimum Gasteiger partial charge on any atom is -0.481 e. The van der Waals surface area contributed by atoms with Crippen LogP contribution in [0.1, 0.15) is 17.6 Å². The van der Waals surface area contributed by atoms with Gasteiger partial charge in [0.25, 0.3) is 6.43 Å². The topological polar surface area (TPSA) is 22.1 Å². The molecule has 0 atom stereocenters. The maximum atomic E-state index is 12.4. The number of halogens is 4. The van der Waals surface area contributed by atoms with Crippen LogP contribution in [0.3, 0.4) is 0 Å². The number of alkyl halides is 3. The molecule has 0 saturated carbocycles. The van der Waals surface area contributed by atoms with Gasteiger partial charge in [-0.15, -0.1) is 11.6 Å². The van der Waals surface area contributed by atoms with Gasteiger partial charge < -0.3 is 4.74 Å². The van der Waals surface area contributed by atoms with Gasteiger partial charge in [-0.3, -0.25) is 0 Å². The fraction of sp³-hybridized carbons (Fsp3) is 0.375. The summed E-state index contributed by atoms with van der Waals surface area (Å²) in [5.74, 6) is 0.327. The Balaban J connectivity index is 3.27. The number of aromatic nitrogens is 1. The van der Waals surface area contributed by atoms with Crippen molar-refractivity contribution in [3.05, 3.63) is 21.8 Å². The molecule has 2 nitrogen and oxygen atoms in total. The highest BCUT2D eigenvalue weighted by Gasteiger charge is 2.18. The van der Waals surface area contributed by atoms with Gasteiger partial charge >= 0.3 is 0 Å². The molecule has 1 rings (SSSR count). The average molecular weight is 287 g/mol. The van der Waals surface area contributed by atoms with E-state index in [0.717, 1.165) is 6.20 Å². The van der Waals surface area contributed by atoms with Crippen LogP contribution in [0.5, 0.6) is 5.88 Å². The Bertz CT molecular complexity index is 335. The van der Waals surface area contributed by atoms with Crippen molar-refractivity contribution in [2.75, 3.05) is 7.11 Å². The molecule has 0 fully saturated rings. The predicted molar refractivity (Wildman–Crippen MR) is 53.0 cm³/mol. The van der Waals surface area contributed by atoms with Crippen molar-refractivity contribution in [2.45, 2.75) is 12.3 Å². The van der Waals surface area contributed by atoms with Crippen molar-refractivity contribution >= 4 is 27.5 Å². The summed E-state index contributed by atoms with van der Waals surface area (Å²) in [5.41, 5.74) is 0.258. The Hall–Kier alpha value is -0.420. The monoisotopic (exact) mass is 285 g/mol. The first-order valence-electron chi connectivity index (χ1n) is 3.67. The van der Waals surface area contributed by atoms with E-state index in [0.29, 0.717) is 5.56 Å². The Morgan fingerprint density at radius 1 is 1.64 bits per heavy atom. The lowest BCUT2D eigenvalue weighted by atomic mass is 10.2. The first-order chi connectivity index (χ1) is 6.61. The van der Waals surface area contributed by atoms with Gasteiger partial charge in [-0.2, -0.15) is 0 Å². The van der Waals surface area contributed by atoms with Crippen LogP contribution in [0.15, 0.2) is 10.7 Å². The normalized spacial score (nSPS) is 10.7. The van der Waals surface area contributed by atoms with E-state index in [1.54, 1.807) is 0 Å². The molecule has 0 aliphatic carbocycles. The van der Waals surface area contributed by atoms with Crippen molar-refractivity contribution in [1.82, 2.24) is 4.98 Å². The summed E-state index contributed by atoms with van der Waals surface area (Å²) in [7, 11) is 1.41. The second-order valence-corrected chi connectivity index (χ2v) is 3.51. The molecule has 0 radical (unpaired) electrons. The van der Waals surface area contributed by atoms with E-state index >= 15 is 0 Å². The Kier molecular flexibility index (Phi) is 4.07. The zero-order valence-corrected chi connectivity index (χ0v) is 9.57. The maximum absolute atomic E-state index is 12.4. The Morgan fingerprint density at radius 2 is 2.29 bits per heavy atom. The molecule has 0 saturated heterocycles. The Morgan fingerprint density at radius 3 is 2.71 bits per heavy atom. The first-order valence-corrected chi connectivity index (χ1v) is 5.00. The van der Waals surface area contributed by atoms with Gasteiger partial charge in [-0.25, -0.2) is 13.8 Å². The summed E-state index contributed by atoms with van der Waals surface area (Å²) in [6.45, 7) is 0. The summed E-state index contributed by atoms with van der Waals surface area (Å²) in [6, 6.07) is 0. The number of nitrogens with zero attached hydrogens (tertiary/aromatic N) is 1. The molecule has 6 heteroatoms. The van der Waals surface area contributed by atoms with Crippen LogP contribution in [-0.2, 0) is 5.88 Å². The van der Waals surface area contributed by atoms with Crippen LogP contribution >= 0.6 is 27.5 Å². The van der Waals surface area contributed by atoms with Crippen molar-refractivity contribution in [2.24, 2.45) is 0 Å². The van der Waals surface area contributed by atoms with Gasteiger partial charge in [0.2, 0.25) is 5.88 Å². The fourth-order valence-electron chi connectivity index (χ4n) is 0.975. The van der Waals surface area contributed by atoms with Crippen LogP contribution < -0.4 is 4.74 Å². The van der Waals surface area contributed by atoms with Crippen LogP contribution in [0.25, 0.3) is 0 Å². The van der Waals surface area contributed by atoms with Gasteiger partial charge in [0.05, 0.1) is 18.6 Å². The van der Waals surface area contributed by atoms with Crippen molar-refractivity contribution in [3.8, 4) is 5.88 Å². The third-order valence-electron chi connectivity index (χ3n) is 1.66. The van der Waals surface area contributed by atoms with Gasteiger partial charge in [-0.05, 0) is 15.9 Å². The summed E-state index contributed by atoms with van der Waals surface area (Å²) >= 11 is 8.65. The number of hydrogen-bond donors (Lipinski definition) is 0. The van der Waals surface area contributed by atoms with Crippen LogP contribution in [0, 0.1) is 0 Å². The molecular formula is C8H7BrClF2NO. The van der Waals surface area contributed by atoms with E-state index in [1.165, 1.54) is 7.11 Å². The molecule has 0 N–H and O–H groups in total. The molecule has 1 heterocycles. The molecule has 0 aliphatic heterocycles. The lowest BCUT2D eigenvalue weighted by Gasteiger charge is -2.10. The largest absolute Gasteiger partial charge is 0.481 e. The number of hydrogen-bond acceptors (Lipinski definition) is 2. The van der Waals surface area contributed by atoms with Crippen molar-refractivity contribution < 1.29 is 13.5 Å². The highest BCUT2D eigenvalue weighted by molar-refractivity contribution is 9.10. The second-order valence-electron chi connectivity index (χ2n) is 2.45. The average Bonchev–Trinajstić information content (AvgIpc) is 2.16. The molecule has 14 heavy (non-hydrogen) atoms. The van der Waals surface area contributed by atoms with E-state index in [4.69, 9.17) is 16.3 Å². The highest BCUT2D eigenvalue weighted by atomic mass is 79.9. The molecule has 0 amide bonds. The number of rotatable bonds is 3. The standard InChI is InChI=1S/C8H7BrClF2NO/c1-14-8-4(2-10)6(9)5(3-13-8)7(11)12/h3,7H,2H2,1H3. The lowest BCUT2D eigenvalue weighted by Crippen LogP contribution is -1.98. The van der Waals surface area contributed by atoms with E-state index in [2.05, 4.69) is 20.9 Å². The van der Waals surface area contributed by atoms with Gasteiger partial charge in [0.1, 0.15) is 0 Å². The number of ether oxygens (including phenoxy) is 1. The second kappa shape index (κ2) is 4.89. The van der Waals surface area contributed by atoms with Gasteiger partial charge in [0, 0.05) is 16.2 Å². The zero-order valence-electron chi connectivity index (χ0n) is 7.23. The molecule has 0 spiro atoms. The predicted octanol–water partition coefficient (Wildman–Crippen LogP) is 3.53. The SMILES string of the molecule is COc1ncc(C(F)F)c(Br)c1CCl. The number of pyridine rings is 1. The van der Waals surface area contributed by atoms with Crippen molar-refractivity contribution in [3.63, 3.8) is 0 Å². The molecular weight excluding hydrogens is 279 g/mol. The third kappa shape index (κ3) is 2.15. The maximum Gasteiger partial charge on any atom is 0.266 e. The smallest absolute Gasteiger partial charge is 0.266 e. The van der Waals surface area contributed by atoms with E-state index < -0.39 is 6.43 Å². The molecule has 0 aliphatic rings. The summed E-state index contributed by atoms with van der Waals surface area (Å²) in [4.78, 5) is 3.73. The van der Waals surface area contributed by atoms with Crippen LogP contribution in [-0.4, -0.2) is 12.1 Å². The highest BCUT2D eigenvalue weighted by Crippen LogP contribution is 2.34. The quantitative estimate of drug-likeness (QED) is 0.793. The zero-order chi connectivity index (χ0) is 10.7. The fourth-order valence-corrected chi connectivity index (χ4v) is 1.97. The van der Waals surface area contributed by atoms with E-state index in [1.807, 2.05) is 0 Å². The summed E-state index contributed by atoms with van der Waals surface area (Å²) in [6.07, 6.45) is -1.51. The third-order valence-corrected chi connectivity index (χ3v) is 2.86. The van der Waals surface area contributed by atoms with Crippen LogP contribution in [0.4, 0.5) is 8.78 Å². The molecule has 78 valence electrons. The summed E-state index contributed by atoms with van der Waals surface area (Å²) < 4.78 is 30.0.